The van der Waals surface area contributed by atoms with E-state index in [4.69, 9.17) is 0 Å². The Hall–Kier alpha value is -3.41. The molecule has 2 aromatic carbocycles. The zero-order valence-electron chi connectivity index (χ0n) is 18.7. The summed E-state index contributed by atoms with van der Waals surface area (Å²) >= 11 is 0. The third-order valence-electron chi connectivity index (χ3n) is 5.54. The minimum Gasteiger partial charge on any atom is -0.313 e. The predicted octanol–water partition coefficient (Wildman–Crippen LogP) is 5.83. The number of carbonyl (C=O) groups excluding carboxylic acids is 2. The van der Waals surface area contributed by atoms with Gasteiger partial charge in [-0.3, -0.25) is 14.6 Å². The Balaban J connectivity index is 1.76. The highest BCUT2D eigenvalue weighted by Crippen LogP contribution is 2.28. The Kier molecular flexibility index (Phi) is 7.13. The van der Waals surface area contributed by atoms with Crippen molar-refractivity contribution in [1.82, 2.24) is 4.98 Å². The van der Waals surface area contributed by atoms with Crippen molar-refractivity contribution < 1.29 is 18.4 Å². The van der Waals surface area contributed by atoms with Crippen LogP contribution in [0.4, 0.5) is 14.5 Å². The molecule has 3 aromatic rings. The Labute approximate surface area is 186 Å². The molecular formula is C26H26F2N2O2. The number of Topliss-reactive ketones (excluding diaryl/α,β-unsaturated/α-hetero) is 1. The van der Waals surface area contributed by atoms with Crippen LogP contribution in [0.2, 0.25) is 0 Å². The van der Waals surface area contributed by atoms with Gasteiger partial charge in [-0.05, 0) is 67.3 Å². The SMILES string of the molecule is CCC(=O)N(C)c1ccc(-c2ccc(C(=O)CCc3ccc(C)nc3C)c(F)c2)cc1F. The zero-order valence-corrected chi connectivity index (χ0v) is 18.7. The molecule has 0 atom stereocenters. The fourth-order valence-corrected chi connectivity index (χ4v) is 3.61. The molecule has 0 fully saturated rings. The number of anilines is 1. The lowest BCUT2D eigenvalue weighted by molar-refractivity contribution is -0.118. The monoisotopic (exact) mass is 436 g/mol. The lowest BCUT2D eigenvalue weighted by Crippen LogP contribution is -2.25. The molecule has 0 saturated carbocycles. The predicted molar refractivity (Wildman–Crippen MR) is 122 cm³/mol. The van der Waals surface area contributed by atoms with Crippen molar-refractivity contribution in [2.24, 2.45) is 0 Å². The number of hydrogen-bond donors (Lipinski definition) is 0. The van der Waals surface area contributed by atoms with Crippen molar-refractivity contribution in [1.29, 1.82) is 0 Å². The van der Waals surface area contributed by atoms with E-state index in [1.165, 1.54) is 36.2 Å². The van der Waals surface area contributed by atoms with Crippen LogP contribution in [0.3, 0.4) is 0 Å². The van der Waals surface area contributed by atoms with Gasteiger partial charge in [0.05, 0.1) is 11.3 Å². The third-order valence-corrected chi connectivity index (χ3v) is 5.54. The van der Waals surface area contributed by atoms with E-state index in [0.717, 1.165) is 17.0 Å². The van der Waals surface area contributed by atoms with E-state index in [9.17, 15) is 18.4 Å². The van der Waals surface area contributed by atoms with E-state index >= 15 is 0 Å². The summed E-state index contributed by atoms with van der Waals surface area (Å²) in [7, 11) is 1.51. The molecule has 0 unspecified atom stereocenters. The maximum atomic E-state index is 14.7. The van der Waals surface area contributed by atoms with Crippen molar-refractivity contribution >= 4 is 17.4 Å². The fraction of sp³-hybridized carbons (Fsp3) is 0.269. The quantitative estimate of drug-likeness (QED) is 0.438. The van der Waals surface area contributed by atoms with Crippen LogP contribution in [0.25, 0.3) is 11.1 Å². The number of hydrogen-bond acceptors (Lipinski definition) is 3. The summed E-state index contributed by atoms with van der Waals surface area (Å²) < 4.78 is 29.3. The maximum absolute atomic E-state index is 14.7. The lowest BCUT2D eigenvalue weighted by Gasteiger charge is -2.18. The van der Waals surface area contributed by atoms with Gasteiger partial charge in [-0.1, -0.05) is 25.1 Å². The summed E-state index contributed by atoms with van der Waals surface area (Å²) in [6.45, 7) is 5.50. The number of halogens is 2. The number of rotatable bonds is 7. The highest BCUT2D eigenvalue weighted by atomic mass is 19.1. The topological polar surface area (TPSA) is 50.3 Å². The largest absolute Gasteiger partial charge is 0.313 e. The molecule has 0 aliphatic carbocycles. The van der Waals surface area contributed by atoms with Crippen LogP contribution in [-0.2, 0) is 11.2 Å². The minimum absolute atomic E-state index is 0.0110. The summed E-state index contributed by atoms with van der Waals surface area (Å²) in [5.41, 5.74) is 3.82. The van der Waals surface area contributed by atoms with Gasteiger partial charge >= 0.3 is 0 Å². The number of nitrogens with zero attached hydrogens (tertiary/aromatic N) is 2. The summed E-state index contributed by atoms with van der Waals surface area (Å²) in [5.74, 6) is -1.72. The Bertz CT molecular complexity index is 1170. The van der Waals surface area contributed by atoms with Crippen LogP contribution in [-0.4, -0.2) is 23.7 Å². The van der Waals surface area contributed by atoms with E-state index in [-0.39, 0.29) is 35.8 Å². The third kappa shape index (κ3) is 5.07. The molecule has 0 saturated heterocycles. The summed E-state index contributed by atoms with van der Waals surface area (Å²) in [6, 6.07) is 12.5. The number of carbonyl (C=O) groups is 2. The average Bonchev–Trinajstić information content (AvgIpc) is 2.77. The van der Waals surface area contributed by atoms with E-state index in [1.807, 2.05) is 26.0 Å². The van der Waals surface area contributed by atoms with Gasteiger partial charge in [0.25, 0.3) is 0 Å². The summed E-state index contributed by atoms with van der Waals surface area (Å²) in [5, 5.41) is 0. The Morgan fingerprint density at radius 1 is 0.938 bits per heavy atom. The van der Waals surface area contributed by atoms with Gasteiger partial charge in [-0.2, -0.15) is 0 Å². The van der Waals surface area contributed by atoms with Crippen LogP contribution < -0.4 is 4.90 Å². The van der Waals surface area contributed by atoms with Crippen LogP contribution >= 0.6 is 0 Å². The fourth-order valence-electron chi connectivity index (χ4n) is 3.61. The Morgan fingerprint density at radius 3 is 2.19 bits per heavy atom. The first-order valence-corrected chi connectivity index (χ1v) is 10.5. The highest BCUT2D eigenvalue weighted by molar-refractivity contribution is 5.97. The van der Waals surface area contributed by atoms with Crippen LogP contribution in [0.15, 0.2) is 48.5 Å². The van der Waals surface area contributed by atoms with Gasteiger partial charge < -0.3 is 4.90 Å². The number of ketones is 1. The molecule has 1 amide bonds. The number of pyridine rings is 1. The van der Waals surface area contributed by atoms with Crippen molar-refractivity contribution in [3.8, 4) is 11.1 Å². The highest BCUT2D eigenvalue weighted by Gasteiger charge is 2.16. The molecule has 0 N–H and O–H groups in total. The first kappa shape index (κ1) is 23.3. The molecule has 3 rings (SSSR count). The Morgan fingerprint density at radius 2 is 1.59 bits per heavy atom. The van der Waals surface area contributed by atoms with Gasteiger partial charge in [0.15, 0.2) is 5.78 Å². The second-order valence-electron chi connectivity index (χ2n) is 7.79. The second-order valence-corrected chi connectivity index (χ2v) is 7.79. The number of benzene rings is 2. The van der Waals surface area contributed by atoms with E-state index < -0.39 is 11.6 Å². The number of amides is 1. The van der Waals surface area contributed by atoms with E-state index in [0.29, 0.717) is 17.5 Å². The summed E-state index contributed by atoms with van der Waals surface area (Å²) in [6.07, 6.45) is 0.914. The first-order chi connectivity index (χ1) is 15.2. The van der Waals surface area contributed by atoms with Gasteiger partial charge in [0.1, 0.15) is 11.6 Å². The molecule has 166 valence electrons. The van der Waals surface area contributed by atoms with Gasteiger partial charge in [-0.15, -0.1) is 0 Å². The maximum Gasteiger partial charge on any atom is 0.226 e. The molecule has 6 heteroatoms. The molecule has 1 aromatic heterocycles. The molecule has 0 aliphatic rings. The van der Waals surface area contributed by atoms with Crippen LogP contribution in [0.5, 0.6) is 0 Å². The lowest BCUT2D eigenvalue weighted by atomic mass is 9.98. The molecule has 0 radical (unpaired) electrons. The van der Waals surface area contributed by atoms with E-state index in [1.54, 1.807) is 19.1 Å². The minimum atomic E-state index is -0.644. The molecule has 0 bridgehead atoms. The van der Waals surface area contributed by atoms with Crippen LogP contribution in [0.1, 0.15) is 47.1 Å². The number of aryl methyl sites for hydroxylation is 3. The smallest absolute Gasteiger partial charge is 0.226 e. The molecular weight excluding hydrogens is 410 g/mol. The molecule has 32 heavy (non-hydrogen) atoms. The van der Waals surface area contributed by atoms with Gasteiger partial charge in [0, 0.05) is 31.3 Å². The molecule has 1 heterocycles. The van der Waals surface area contributed by atoms with Gasteiger partial charge in [-0.25, -0.2) is 8.78 Å². The second kappa shape index (κ2) is 9.81. The van der Waals surface area contributed by atoms with Crippen molar-refractivity contribution in [2.45, 2.75) is 40.0 Å². The summed E-state index contributed by atoms with van der Waals surface area (Å²) in [4.78, 5) is 30.0. The number of aromatic nitrogens is 1. The average molecular weight is 437 g/mol. The van der Waals surface area contributed by atoms with Crippen molar-refractivity contribution in [2.75, 3.05) is 11.9 Å². The first-order valence-electron chi connectivity index (χ1n) is 10.5. The standard InChI is InChI=1S/C26H26F2N2O2/c1-5-26(32)30(4)24-12-9-20(15-23(24)28)19-8-11-21(22(27)14-19)25(31)13-10-18-7-6-16(2)29-17(18)3/h6-9,11-12,14-15H,5,10,13H2,1-4H3. The zero-order chi connectivity index (χ0) is 23.4. The van der Waals surface area contributed by atoms with Crippen LogP contribution in [0, 0.1) is 25.5 Å². The molecule has 4 nitrogen and oxygen atoms in total. The molecule has 0 aliphatic heterocycles. The van der Waals surface area contributed by atoms with Crippen molar-refractivity contribution in [3.05, 3.63) is 82.7 Å². The van der Waals surface area contributed by atoms with Crippen molar-refractivity contribution in [3.63, 3.8) is 0 Å². The molecule has 0 spiro atoms. The van der Waals surface area contributed by atoms with E-state index in [2.05, 4.69) is 4.98 Å². The normalized spacial score (nSPS) is 10.8. The van der Waals surface area contributed by atoms with Gasteiger partial charge in [0.2, 0.25) is 5.91 Å².